The predicted octanol–water partition coefficient (Wildman–Crippen LogP) is 0.558. The number of carbonyl (C=O) groups is 1. The summed E-state index contributed by atoms with van der Waals surface area (Å²) in [5, 5.41) is 14.0. The molecule has 0 radical (unpaired) electrons. The van der Waals surface area contributed by atoms with Gasteiger partial charge in [-0.15, -0.1) is 5.10 Å². The topological polar surface area (TPSA) is 81.9 Å². The van der Waals surface area contributed by atoms with Gasteiger partial charge in [0.25, 0.3) is 0 Å². The first-order valence-electron chi connectivity index (χ1n) is 7.01. The van der Waals surface area contributed by atoms with E-state index < -0.39 is 6.04 Å². The molecule has 1 N–H and O–H groups in total. The molecule has 7 heteroatoms. The van der Waals surface area contributed by atoms with E-state index in [1.165, 1.54) is 11.0 Å². The quantitative estimate of drug-likeness (QED) is 0.869. The molecule has 2 atom stereocenters. The minimum atomic E-state index is -0.567. The Morgan fingerprint density at radius 1 is 1.43 bits per heavy atom. The zero-order valence-electron chi connectivity index (χ0n) is 11.6. The number of benzene rings is 1. The van der Waals surface area contributed by atoms with Gasteiger partial charge in [0.2, 0.25) is 5.91 Å². The molecule has 0 saturated carbocycles. The van der Waals surface area contributed by atoms with E-state index in [0.29, 0.717) is 6.54 Å². The fourth-order valence-electron chi connectivity index (χ4n) is 2.46. The van der Waals surface area contributed by atoms with Gasteiger partial charge in [0.15, 0.2) is 6.04 Å². The summed E-state index contributed by atoms with van der Waals surface area (Å²) in [5.74, 6) is -0.135. The van der Waals surface area contributed by atoms with Crippen molar-refractivity contribution in [1.29, 1.82) is 0 Å². The lowest BCUT2D eigenvalue weighted by Crippen LogP contribution is -2.38. The average Bonchev–Trinajstić information content (AvgIpc) is 3.20. The van der Waals surface area contributed by atoms with E-state index in [0.717, 1.165) is 25.0 Å². The van der Waals surface area contributed by atoms with Crippen LogP contribution in [0.2, 0.25) is 0 Å². The molecule has 21 heavy (non-hydrogen) atoms. The number of hydrogen-bond acceptors (Lipinski definition) is 5. The lowest BCUT2D eigenvalue weighted by atomic mass is 10.1. The van der Waals surface area contributed by atoms with Gasteiger partial charge in [-0.1, -0.05) is 30.3 Å². The Kier molecular flexibility index (Phi) is 4.20. The van der Waals surface area contributed by atoms with Gasteiger partial charge in [-0.05, 0) is 28.8 Å². The highest BCUT2D eigenvalue weighted by molar-refractivity contribution is 5.83. The second-order valence-corrected chi connectivity index (χ2v) is 4.98. The van der Waals surface area contributed by atoms with Gasteiger partial charge < -0.3 is 10.1 Å². The van der Waals surface area contributed by atoms with Crippen molar-refractivity contribution in [1.82, 2.24) is 25.5 Å². The number of carbonyl (C=O) groups excluding carboxylic acids is 1. The molecule has 0 spiro atoms. The first-order valence-corrected chi connectivity index (χ1v) is 7.01. The van der Waals surface area contributed by atoms with Crippen LogP contribution in [0.5, 0.6) is 0 Å². The third kappa shape index (κ3) is 3.25. The Labute approximate surface area is 122 Å². The minimum absolute atomic E-state index is 0.110. The summed E-state index contributed by atoms with van der Waals surface area (Å²) < 4.78 is 6.98. The van der Waals surface area contributed by atoms with Crippen molar-refractivity contribution >= 4 is 5.91 Å². The fourth-order valence-corrected chi connectivity index (χ4v) is 2.46. The van der Waals surface area contributed by atoms with Gasteiger partial charge >= 0.3 is 0 Å². The molecule has 1 aromatic heterocycles. The molecule has 0 bridgehead atoms. The summed E-state index contributed by atoms with van der Waals surface area (Å²) in [5.41, 5.74) is 0.842. The normalized spacial score (nSPS) is 19.3. The second-order valence-electron chi connectivity index (χ2n) is 4.98. The molecule has 2 aromatic rings. The lowest BCUT2D eigenvalue weighted by Gasteiger charge is -2.18. The SMILES string of the molecule is O=C(NC[C@@H]1CCCO1)[C@@H](c1ccccc1)n1cnnn1. The Morgan fingerprint density at radius 2 is 2.29 bits per heavy atom. The Hall–Kier alpha value is -2.28. The van der Waals surface area contributed by atoms with E-state index in [9.17, 15) is 4.79 Å². The molecule has 1 fully saturated rings. The van der Waals surface area contributed by atoms with Gasteiger partial charge in [-0.25, -0.2) is 4.68 Å². The minimum Gasteiger partial charge on any atom is -0.376 e. The van der Waals surface area contributed by atoms with Crippen molar-refractivity contribution in [2.75, 3.05) is 13.2 Å². The van der Waals surface area contributed by atoms with Crippen LogP contribution in [0.3, 0.4) is 0 Å². The number of hydrogen-bond donors (Lipinski definition) is 1. The number of aromatic nitrogens is 4. The van der Waals surface area contributed by atoms with Gasteiger partial charge in [0.05, 0.1) is 6.10 Å². The van der Waals surface area contributed by atoms with Gasteiger partial charge in [-0.3, -0.25) is 4.79 Å². The Morgan fingerprint density at radius 3 is 2.95 bits per heavy atom. The molecule has 3 rings (SSSR count). The van der Waals surface area contributed by atoms with Crippen LogP contribution in [-0.2, 0) is 9.53 Å². The maximum Gasteiger partial charge on any atom is 0.249 e. The molecule has 2 heterocycles. The van der Waals surface area contributed by atoms with Gasteiger partial charge in [-0.2, -0.15) is 0 Å². The van der Waals surface area contributed by atoms with Gasteiger partial charge in [0.1, 0.15) is 6.33 Å². The monoisotopic (exact) mass is 287 g/mol. The van der Waals surface area contributed by atoms with Crippen molar-refractivity contribution in [2.45, 2.75) is 25.0 Å². The molecule has 1 amide bonds. The second kappa shape index (κ2) is 6.45. The van der Waals surface area contributed by atoms with E-state index in [1.807, 2.05) is 30.3 Å². The first-order chi connectivity index (χ1) is 10.3. The first kappa shape index (κ1) is 13.7. The number of amides is 1. The van der Waals surface area contributed by atoms with Crippen LogP contribution in [0.4, 0.5) is 0 Å². The van der Waals surface area contributed by atoms with Crippen LogP contribution in [0.25, 0.3) is 0 Å². The van der Waals surface area contributed by atoms with Crippen LogP contribution >= 0.6 is 0 Å². The molecule has 0 aliphatic carbocycles. The van der Waals surface area contributed by atoms with Crippen molar-refractivity contribution in [3.8, 4) is 0 Å². The fraction of sp³-hybridized carbons (Fsp3) is 0.429. The van der Waals surface area contributed by atoms with Gasteiger partial charge in [0, 0.05) is 13.2 Å². The molecule has 1 aliphatic rings. The van der Waals surface area contributed by atoms with Crippen LogP contribution < -0.4 is 5.32 Å². The third-order valence-electron chi connectivity index (χ3n) is 3.52. The largest absolute Gasteiger partial charge is 0.376 e. The van der Waals surface area contributed by atoms with Crippen LogP contribution in [0.1, 0.15) is 24.4 Å². The summed E-state index contributed by atoms with van der Waals surface area (Å²) in [6.45, 7) is 1.29. The maximum absolute atomic E-state index is 12.5. The smallest absolute Gasteiger partial charge is 0.249 e. The molecule has 1 saturated heterocycles. The van der Waals surface area contributed by atoms with Crippen molar-refractivity contribution in [2.24, 2.45) is 0 Å². The standard InChI is InChI=1S/C14H17N5O2/c20-14(15-9-12-7-4-8-21-12)13(19-10-16-17-18-19)11-5-2-1-3-6-11/h1-3,5-6,10,12-13H,4,7-9H2,(H,15,20)/t12-,13+/m0/s1. The van der Waals surface area contributed by atoms with Crippen molar-refractivity contribution < 1.29 is 9.53 Å². The van der Waals surface area contributed by atoms with Crippen LogP contribution in [-0.4, -0.2) is 45.4 Å². The predicted molar refractivity (Wildman–Crippen MR) is 74.4 cm³/mol. The van der Waals surface area contributed by atoms with Crippen molar-refractivity contribution in [3.05, 3.63) is 42.2 Å². The summed E-state index contributed by atoms with van der Waals surface area (Å²) in [7, 11) is 0. The van der Waals surface area contributed by atoms with Crippen molar-refractivity contribution in [3.63, 3.8) is 0 Å². The number of nitrogens with one attached hydrogen (secondary N) is 1. The van der Waals surface area contributed by atoms with Crippen LogP contribution in [0.15, 0.2) is 36.7 Å². The summed E-state index contributed by atoms with van der Waals surface area (Å²) in [6.07, 6.45) is 3.60. The number of nitrogens with zero attached hydrogens (tertiary/aromatic N) is 4. The molecule has 1 aliphatic heterocycles. The van der Waals surface area contributed by atoms with Crippen LogP contribution in [0, 0.1) is 0 Å². The Balaban J connectivity index is 1.74. The summed E-state index contributed by atoms with van der Waals surface area (Å²) in [4.78, 5) is 12.5. The zero-order chi connectivity index (χ0) is 14.5. The van der Waals surface area contributed by atoms with E-state index in [-0.39, 0.29) is 12.0 Å². The zero-order valence-corrected chi connectivity index (χ0v) is 11.6. The molecular formula is C14H17N5O2. The highest BCUT2D eigenvalue weighted by atomic mass is 16.5. The highest BCUT2D eigenvalue weighted by Crippen LogP contribution is 2.17. The summed E-state index contributed by atoms with van der Waals surface area (Å²) >= 11 is 0. The summed E-state index contributed by atoms with van der Waals surface area (Å²) in [6, 6.07) is 8.89. The third-order valence-corrected chi connectivity index (χ3v) is 3.52. The molecular weight excluding hydrogens is 270 g/mol. The number of ether oxygens (including phenoxy) is 1. The molecule has 110 valence electrons. The average molecular weight is 287 g/mol. The lowest BCUT2D eigenvalue weighted by molar-refractivity contribution is -0.124. The van der Waals surface area contributed by atoms with E-state index in [1.54, 1.807) is 0 Å². The maximum atomic E-state index is 12.5. The Bertz CT molecular complexity index is 566. The molecule has 0 unspecified atom stereocenters. The number of rotatable bonds is 5. The molecule has 7 nitrogen and oxygen atoms in total. The number of tetrazole rings is 1. The van der Waals surface area contributed by atoms with E-state index >= 15 is 0 Å². The van der Waals surface area contributed by atoms with E-state index in [2.05, 4.69) is 20.8 Å². The van der Waals surface area contributed by atoms with E-state index in [4.69, 9.17) is 4.74 Å². The highest BCUT2D eigenvalue weighted by Gasteiger charge is 2.25. The molecule has 1 aromatic carbocycles.